The van der Waals surface area contributed by atoms with Crippen molar-refractivity contribution in [1.82, 2.24) is 9.80 Å². The fraction of sp³-hybridized carbons (Fsp3) is 0.550. The highest BCUT2D eigenvalue weighted by Gasteiger charge is 2.31. The summed E-state index contributed by atoms with van der Waals surface area (Å²) in [6.45, 7) is 1.17. The van der Waals surface area contributed by atoms with Crippen molar-refractivity contribution in [1.29, 1.82) is 0 Å². The number of carbonyl (C=O) groups is 3. The number of hydrogen-bond acceptors (Lipinski definition) is 4. The smallest absolute Gasteiger partial charge is 0.256 e. The lowest BCUT2D eigenvalue weighted by atomic mass is 10.1. The average molecular weight is 373 g/mol. The molecular formula is C20H27N3O4. The van der Waals surface area contributed by atoms with Crippen molar-refractivity contribution < 1.29 is 19.1 Å². The Kier molecular flexibility index (Phi) is 6.11. The molecule has 3 rings (SSSR count). The molecule has 1 aromatic carbocycles. The van der Waals surface area contributed by atoms with Crippen LogP contribution in [-0.4, -0.2) is 74.0 Å². The molecule has 2 aliphatic heterocycles. The predicted octanol–water partition coefficient (Wildman–Crippen LogP) is 1.52. The van der Waals surface area contributed by atoms with Crippen LogP contribution in [0.3, 0.4) is 0 Å². The Morgan fingerprint density at radius 3 is 2.78 bits per heavy atom. The van der Waals surface area contributed by atoms with Crippen molar-refractivity contribution in [3.05, 3.63) is 29.8 Å². The third-order valence-corrected chi connectivity index (χ3v) is 5.30. The zero-order valence-corrected chi connectivity index (χ0v) is 16.0. The van der Waals surface area contributed by atoms with Gasteiger partial charge in [-0.05, 0) is 37.8 Å². The third kappa shape index (κ3) is 4.47. The minimum Gasteiger partial charge on any atom is -0.378 e. The van der Waals surface area contributed by atoms with Crippen molar-refractivity contribution in [3.8, 4) is 0 Å². The van der Waals surface area contributed by atoms with E-state index in [9.17, 15) is 14.4 Å². The molecule has 1 saturated heterocycles. The number of hydrogen-bond donors (Lipinski definition) is 0. The van der Waals surface area contributed by atoms with E-state index < -0.39 is 0 Å². The van der Waals surface area contributed by atoms with Gasteiger partial charge in [0.2, 0.25) is 11.8 Å². The summed E-state index contributed by atoms with van der Waals surface area (Å²) in [5.74, 6) is -0.672. The summed E-state index contributed by atoms with van der Waals surface area (Å²) < 4.78 is 5.70. The van der Waals surface area contributed by atoms with Crippen LogP contribution in [0.1, 0.15) is 36.0 Å². The quantitative estimate of drug-likeness (QED) is 0.785. The number of rotatable bonds is 5. The molecule has 0 aromatic heterocycles. The lowest BCUT2D eigenvalue weighted by Gasteiger charge is -2.27. The van der Waals surface area contributed by atoms with Crippen LogP contribution in [0.25, 0.3) is 0 Å². The standard InChI is InChI=1S/C20H27N3O4/c1-21(11-10-15-7-5-6-12-27-15)18(24)13-23-14-19(25)22(2)17-9-4-3-8-16(17)20(23)26/h3-4,8-9,15H,5-7,10-14H2,1-2H3. The summed E-state index contributed by atoms with van der Waals surface area (Å²) >= 11 is 0. The molecule has 2 heterocycles. The maximum absolute atomic E-state index is 12.8. The van der Waals surface area contributed by atoms with E-state index in [4.69, 9.17) is 4.74 Å². The fourth-order valence-electron chi connectivity index (χ4n) is 3.50. The Labute approximate surface area is 159 Å². The van der Waals surface area contributed by atoms with Gasteiger partial charge in [-0.3, -0.25) is 14.4 Å². The molecule has 0 spiro atoms. The molecule has 0 N–H and O–H groups in total. The largest absolute Gasteiger partial charge is 0.378 e. The van der Waals surface area contributed by atoms with Crippen LogP contribution in [0.5, 0.6) is 0 Å². The number of ether oxygens (including phenoxy) is 1. The van der Waals surface area contributed by atoms with Gasteiger partial charge in [0.05, 0.1) is 17.4 Å². The molecule has 27 heavy (non-hydrogen) atoms. The second kappa shape index (κ2) is 8.52. The van der Waals surface area contributed by atoms with Crippen LogP contribution < -0.4 is 4.90 Å². The molecule has 7 nitrogen and oxygen atoms in total. The van der Waals surface area contributed by atoms with Crippen molar-refractivity contribution >= 4 is 23.4 Å². The van der Waals surface area contributed by atoms with E-state index in [2.05, 4.69) is 0 Å². The van der Waals surface area contributed by atoms with Gasteiger partial charge < -0.3 is 19.4 Å². The SMILES string of the molecule is CN(CCC1CCCCO1)C(=O)CN1CC(=O)N(C)c2ccccc2C1=O. The number of benzene rings is 1. The van der Waals surface area contributed by atoms with E-state index in [1.807, 2.05) is 0 Å². The first kappa shape index (κ1) is 19.4. The molecule has 0 bridgehead atoms. The molecule has 1 unspecified atom stereocenters. The average Bonchev–Trinajstić information content (AvgIpc) is 2.78. The Bertz CT molecular complexity index is 715. The van der Waals surface area contributed by atoms with Gasteiger partial charge in [-0.1, -0.05) is 12.1 Å². The second-order valence-corrected chi connectivity index (χ2v) is 7.22. The summed E-state index contributed by atoms with van der Waals surface area (Å²) in [5, 5.41) is 0. The number of carbonyl (C=O) groups excluding carboxylic acids is 3. The van der Waals surface area contributed by atoms with Crippen LogP contribution in [-0.2, 0) is 14.3 Å². The highest BCUT2D eigenvalue weighted by Crippen LogP contribution is 2.24. The van der Waals surface area contributed by atoms with E-state index in [0.717, 1.165) is 25.9 Å². The summed E-state index contributed by atoms with van der Waals surface area (Å²) in [5.41, 5.74) is 1.02. The van der Waals surface area contributed by atoms with Crippen LogP contribution in [0, 0.1) is 0 Å². The fourth-order valence-corrected chi connectivity index (χ4v) is 3.50. The van der Waals surface area contributed by atoms with E-state index in [0.29, 0.717) is 17.8 Å². The first-order valence-electron chi connectivity index (χ1n) is 9.48. The van der Waals surface area contributed by atoms with Crippen molar-refractivity contribution in [2.75, 3.05) is 45.2 Å². The molecule has 3 amide bonds. The minimum absolute atomic E-state index is 0.102. The Balaban J connectivity index is 1.62. The van der Waals surface area contributed by atoms with Crippen LogP contribution >= 0.6 is 0 Å². The molecule has 2 aliphatic rings. The third-order valence-electron chi connectivity index (χ3n) is 5.30. The molecular weight excluding hydrogens is 346 g/mol. The van der Waals surface area contributed by atoms with E-state index >= 15 is 0 Å². The van der Waals surface area contributed by atoms with Crippen molar-refractivity contribution in [2.45, 2.75) is 31.8 Å². The highest BCUT2D eigenvalue weighted by atomic mass is 16.5. The number of fused-ring (bicyclic) bond motifs is 1. The monoisotopic (exact) mass is 373 g/mol. The van der Waals surface area contributed by atoms with Crippen LogP contribution in [0.4, 0.5) is 5.69 Å². The molecule has 0 saturated carbocycles. The van der Waals surface area contributed by atoms with E-state index in [1.165, 1.54) is 16.2 Å². The Morgan fingerprint density at radius 1 is 1.26 bits per heavy atom. The normalized spacial score (nSPS) is 20.3. The zero-order valence-electron chi connectivity index (χ0n) is 16.0. The van der Waals surface area contributed by atoms with E-state index in [1.54, 1.807) is 43.3 Å². The van der Waals surface area contributed by atoms with Gasteiger partial charge in [-0.25, -0.2) is 0 Å². The summed E-state index contributed by atoms with van der Waals surface area (Å²) in [4.78, 5) is 42.3. The molecule has 1 aromatic rings. The Morgan fingerprint density at radius 2 is 2.04 bits per heavy atom. The number of likely N-dealkylation sites (N-methyl/N-ethyl adjacent to an activating group) is 2. The van der Waals surface area contributed by atoms with Gasteiger partial charge >= 0.3 is 0 Å². The second-order valence-electron chi connectivity index (χ2n) is 7.22. The lowest BCUT2D eigenvalue weighted by molar-refractivity contribution is -0.131. The van der Waals surface area contributed by atoms with Gasteiger partial charge in [0.25, 0.3) is 5.91 Å². The van der Waals surface area contributed by atoms with E-state index in [-0.39, 0.29) is 36.9 Å². The van der Waals surface area contributed by atoms with Gasteiger partial charge in [0, 0.05) is 27.2 Å². The zero-order chi connectivity index (χ0) is 19.4. The number of para-hydroxylation sites is 1. The minimum atomic E-state index is -0.291. The highest BCUT2D eigenvalue weighted by molar-refractivity contribution is 6.10. The van der Waals surface area contributed by atoms with Crippen LogP contribution in [0.15, 0.2) is 24.3 Å². The molecule has 7 heteroatoms. The molecule has 0 radical (unpaired) electrons. The molecule has 0 aliphatic carbocycles. The van der Waals surface area contributed by atoms with Gasteiger partial charge in [0.1, 0.15) is 13.1 Å². The molecule has 1 fully saturated rings. The van der Waals surface area contributed by atoms with Gasteiger partial charge in [-0.15, -0.1) is 0 Å². The maximum Gasteiger partial charge on any atom is 0.256 e. The van der Waals surface area contributed by atoms with Crippen molar-refractivity contribution in [3.63, 3.8) is 0 Å². The topological polar surface area (TPSA) is 70.2 Å². The summed E-state index contributed by atoms with van der Waals surface area (Å²) in [7, 11) is 3.38. The Hall–Kier alpha value is -2.41. The number of amides is 3. The first-order chi connectivity index (χ1) is 13.0. The van der Waals surface area contributed by atoms with Gasteiger partial charge in [0.15, 0.2) is 0 Å². The number of nitrogens with zero attached hydrogens (tertiary/aromatic N) is 3. The summed E-state index contributed by atoms with van der Waals surface area (Å²) in [6.07, 6.45) is 4.30. The first-order valence-corrected chi connectivity index (χ1v) is 9.48. The van der Waals surface area contributed by atoms with Crippen LogP contribution in [0.2, 0.25) is 0 Å². The van der Waals surface area contributed by atoms with Gasteiger partial charge in [-0.2, -0.15) is 0 Å². The maximum atomic E-state index is 12.8. The number of anilines is 1. The summed E-state index contributed by atoms with van der Waals surface area (Å²) in [6, 6.07) is 6.98. The van der Waals surface area contributed by atoms with Crippen molar-refractivity contribution in [2.24, 2.45) is 0 Å². The predicted molar refractivity (Wildman–Crippen MR) is 102 cm³/mol. The molecule has 146 valence electrons. The molecule has 1 atom stereocenters. The lowest BCUT2D eigenvalue weighted by Crippen LogP contribution is -2.44.